The minimum Gasteiger partial charge on any atom is -0.494 e. The standard InChI is InChI=1S/C15H25NO2/c1-4-15(16-2)13-7-9-14(10-8-13)18-12-6-5-11-17-3/h7-10,15-16H,4-6,11-12H2,1-3H3. The van der Waals surface area contributed by atoms with Gasteiger partial charge >= 0.3 is 0 Å². The molecular weight excluding hydrogens is 226 g/mol. The number of ether oxygens (including phenoxy) is 2. The number of unbranched alkanes of at least 4 members (excludes halogenated alkanes) is 1. The van der Waals surface area contributed by atoms with Crippen LogP contribution in [0.1, 0.15) is 37.8 Å². The number of hydrogen-bond acceptors (Lipinski definition) is 3. The largest absolute Gasteiger partial charge is 0.494 e. The number of rotatable bonds is 9. The zero-order chi connectivity index (χ0) is 13.2. The van der Waals surface area contributed by atoms with Gasteiger partial charge in [-0.25, -0.2) is 0 Å². The summed E-state index contributed by atoms with van der Waals surface area (Å²) in [5.74, 6) is 0.946. The topological polar surface area (TPSA) is 30.5 Å². The first-order valence-electron chi connectivity index (χ1n) is 6.70. The van der Waals surface area contributed by atoms with Gasteiger partial charge in [0.25, 0.3) is 0 Å². The van der Waals surface area contributed by atoms with Crippen LogP contribution < -0.4 is 10.1 Å². The highest BCUT2D eigenvalue weighted by Crippen LogP contribution is 2.19. The molecule has 1 N–H and O–H groups in total. The summed E-state index contributed by atoms with van der Waals surface area (Å²) in [5.41, 5.74) is 1.31. The Balaban J connectivity index is 2.35. The molecule has 0 radical (unpaired) electrons. The summed E-state index contributed by atoms with van der Waals surface area (Å²) in [7, 11) is 3.72. The second-order valence-corrected chi connectivity index (χ2v) is 4.37. The van der Waals surface area contributed by atoms with Gasteiger partial charge in [0.2, 0.25) is 0 Å². The van der Waals surface area contributed by atoms with Crippen LogP contribution in [0.5, 0.6) is 5.75 Å². The Bertz CT molecular complexity index is 307. The van der Waals surface area contributed by atoms with E-state index in [2.05, 4.69) is 24.4 Å². The van der Waals surface area contributed by atoms with Crippen molar-refractivity contribution < 1.29 is 9.47 Å². The molecule has 0 aliphatic heterocycles. The third kappa shape index (κ3) is 5.07. The van der Waals surface area contributed by atoms with Crippen molar-refractivity contribution in [2.75, 3.05) is 27.4 Å². The van der Waals surface area contributed by atoms with Gasteiger partial charge < -0.3 is 14.8 Å². The van der Waals surface area contributed by atoms with Crippen molar-refractivity contribution in [2.45, 2.75) is 32.2 Å². The van der Waals surface area contributed by atoms with E-state index < -0.39 is 0 Å². The number of methoxy groups -OCH3 is 1. The van der Waals surface area contributed by atoms with Gasteiger partial charge in [0.1, 0.15) is 5.75 Å². The van der Waals surface area contributed by atoms with Gasteiger partial charge in [-0.2, -0.15) is 0 Å². The van der Waals surface area contributed by atoms with E-state index in [0.29, 0.717) is 6.04 Å². The molecule has 0 saturated heterocycles. The fourth-order valence-electron chi connectivity index (χ4n) is 1.94. The van der Waals surface area contributed by atoms with Crippen LogP contribution in [0.4, 0.5) is 0 Å². The molecular formula is C15H25NO2. The van der Waals surface area contributed by atoms with Gasteiger partial charge in [-0.15, -0.1) is 0 Å². The Morgan fingerprint density at radius 2 is 1.78 bits per heavy atom. The molecule has 1 rings (SSSR count). The summed E-state index contributed by atoms with van der Waals surface area (Å²) in [6, 6.07) is 8.79. The number of benzene rings is 1. The highest BCUT2D eigenvalue weighted by atomic mass is 16.5. The molecule has 0 spiro atoms. The second kappa shape index (κ2) is 8.95. The summed E-state index contributed by atoms with van der Waals surface area (Å²) in [6.45, 7) is 3.75. The van der Waals surface area contributed by atoms with Crippen LogP contribution >= 0.6 is 0 Å². The van der Waals surface area contributed by atoms with Gasteiger partial charge in [-0.05, 0) is 44.0 Å². The Kier molecular flexibility index (Phi) is 7.46. The predicted octanol–water partition coefficient (Wildman–Crippen LogP) is 3.16. The van der Waals surface area contributed by atoms with E-state index in [1.165, 1.54) is 5.56 Å². The third-order valence-electron chi connectivity index (χ3n) is 3.05. The molecule has 0 aromatic heterocycles. The van der Waals surface area contributed by atoms with Crippen molar-refractivity contribution in [1.82, 2.24) is 5.32 Å². The molecule has 1 unspecified atom stereocenters. The van der Waals surface area contributed by atoms with Crippen LogP contribution in [-0.2, 0) is 4.74 Å². The molecule has 0 fully saturated rings. The molecule has 3 nitrogen and oxygen atoms in total. The van der Waals surface area contributed by atoms with Crippen molar-refractivity contribution >= 4 is 0 Å². The normalized spacial score (nSPS) is 12.4. The molecule has 18 heavy (non-hydrogen) atoms. The van der Waals surface area contributed by atoms with Crippen LogP contribution in [0, 0.1) is 0 Å². The minimum atomic E-state index is 0.431. The van der Waals surface area contributed by atoms with Crippen molar-refractivity contribution in [3.05, 3.63) is 29.8 Å². The lowest BCUT2D eigenvalue weighted by molar-refractivity contribution is 0.184. The Labute approximate surface area is 110 Å². The Morgan fingerprint density at radius 1 is 1.11 bits per heavy atom. The molecule has 0 aliphatic rings. The Morgan fingerprint density at radius 3 is 2.33 bits per heavy atom. The van der Waals surface area contributed by atoms with Gasteiger partial charge in [0.15, 0.2) is 0 Å². The maximum absolute atomic E-state index is 5.68. The van der Waals surface area contributed by atoms with Gasteiger partial charge in [0.05, 0.1) is 6.61 Å². The Hall–Kier alpha value is -1.06. The summed E-state index contributed by atoms with van der Waals surface area (Å²) in [5, 5.41) is 3.30. The van der Waals surface area contributed by atoms with E-state index in [9.17, 15) is 0 Å². The van der Waals surface area contributed by atoms with Crippen LogP contribution in [-0.4, -0.2) is 27.4 Å². The van der Waals surface area contributed by atoms with E-state index in [0.717, 1.165) is 38.2 Å². The molecule has 1 aromatic carbocycles. The molecule has 3 heteroatoms. The van der Waals surface area contributed by atoms with Crippen molar-refractivity contribution in [3.63, 3.8) is 0 Å². The maximum atomic E-state index is 5.68. The van der Waals surface area contributed by atoms with E-state index in [-0.39, 0.29) is 0 Å². The van der Waals surface area contributed by atoms with Crippen molar-refractivity contribution in [2.24, 2.45) is 0 Å². The smallest absolute Gasteiger partial charge is 0.119 e. The monoisotopic (exact) mass is 251 g/mol. The molecule has 1 atom stereocenters. The average Bonchev–Trinajstić information content (AvgIpc) is 2.41. The van der Waals surface area contributed by atoms with Crippen LogP contribution in [0.3, 0.4) is 0 Å². The fourth-order valence-corrected chi connectivity index (χ4v) is 1.94. The molecule has 102 valence electrons. The molecule has 1 aromatic rings. The van der Waals surface area contributed by atoms with Crippen LogP contribution in [0.25, 0.3) is 0 Å². The van der Waals surface area contributed by atoms with E-state index in [1.54, 1.807) is 7.11 Å². The first-order chi connectivity index (χ1) is 8.81. The molecule has 0 amide bonds. The molecule has 0 bridgehead atoms. The molecule has 0 aliphatic carbocycles. The van der Waals surface area contributed by atoms with Gasteiger partial charge in [0, 0.05) is 19.8 Å². The predicted molar refractivity (Wildman–Crippen MR) is 75.1 cm³/mol. The quantitative estimate of drug-likeness (QED) is 0.684. The van der Waals surface area contributed by atoms with Crippen LogP contribution in [0.15, 0.2) is 24.3 Å². The summed E-state index contributed by atoms with van der Waals surface area (Å²) in [4.78, 5) is 0. The third-order valence-corrected chi connectivity index (χ3v) is 3.05. The molecule has 0 saturated carbocycles. The van der Waals surface area contributed by atoms with E-state index in [1.807, 2.05) is 19.2 Å². The highest BCUT2D eigenvalue weighted by Gasteiger charge is 2.05. The van der Waals surface area contributed by atoms with E-state index >= 15 is 0 Å². The maximum Gasteiger partial charge on any atom is 0.119 e. The zero-order valence-corrected chi connectivity index (χ0v) is 11.7. The lowest BCUT2D eigenvalue weighted by Crippen LogP contribution is -2.14. The lowest BCUT2D eigenvalue weighted by atomic mass is 10.1. The molecule has 0 heterocycles. The SMILES string of the molecule is CCC(NC)c1ccc(OCCCCOC)cc1. The summed E-state index contributed by atoms with van der Waals surface area (Å²) in [6.07, 6.45) is 3.17. The zero-order valence-electron chi connectivity index (χ0n) is 11.7. The van der Waals surface area contributed by atoms with Crippen molar-refractivity contribution in [1.29, 1.82) is 0 Å². The summed E-state index contributed by atoms with van der Waals surface area (Å²) < 4.78 is 10.7. The van der Waals surface area contributed by atoms with Crippen LogP contribution in [0.2, 0.25) is 0 Å². The first-order valence-corrected chi connectivity index (χ1v) is 6.70. The first kappa shape index (κ1) is 15.0. The number of nitrogens with one attached hydrogen (secondary N) is 1. The van der Waals surface area contributed by atoms with E-state index in [4.69, 9.17) is 9.47 Å². The van der Waals surface area contributed by atoms with Crippen molar-refractivity contribution in [3.8, 4) is 5.75 Å². The highest BCUT2D eigenvalue weighted by molar-refractivity contribution is 5.29. The average molecular weight is 251 g/mol. The van der Waals surface area contributed by atoms with Gasteiger partial charge in [-0.1, -0.05) is 19.1 Å². The summed E-state index contributed by atoms with van der Waals surface area (Å²) >= 11 is 0. The second-order valence-electron chi connectivity index (χ2n) is 4.37. The van der Waals surface area contributed by atoms with Gasteiger partial charge in [-0.3, -0.25) is 0 Å². The minimum absolute atomic E-state index is 0.431. The fraction of sp³-hybridized carbons (Fsp3) is 0.600. The lowest BCUT2D eigenvalue weighted by Gasteiger charge is -2.14. The number of hydrogen-bond donors (Lipinski definition) is 1.